The second-order valence-electron chi connectivity index (χ2n) is 7.36. The van der Waals surface area contributed by atoms with Crippen LogP contribution in [0, 0.1) is 0 Å². The summed E-state index contributed by atoms with van der Waals surface area (Å²) in [6.07, 6.45) is -5.15. The molecule has 1 fully saturated rings. The molecule has 0 aliphatic carbocycles. The van der Waals surface area contributed by atoms with Gasteiger partial charge in [0.05, 0.1) is 6.42 Å². The summed E-state index contributed by atoms with van der Waals surface area (Å²) in [5, 5.41) is 2.65. The minimum absolute atomic E-state index is 0.0218. The van der Waals surface area contributed by atoms with Crippen LogP contribution in [0.5, 0.6) is 0 Å². The van der Waals surface area contributed by atoms with Gasteiger partial charge in [-0.2, -0.15) is 0 Å². The van der Waals surface area contributed by atoms with Gasteiger partial charge in [0, 0.05) is 27.7 Å². The molecule has 0 bridgehead atoms. The van der Waals surface area contributed by atoms with Crippen LogP contribution < -0.4 is 5.32 Å². The third kappa shape index (κ3) is 8.19. The number of rotatable bonds is 8. The lowest BCUT2D eigenvalue weighted by atomic mass is 9.95. The van der Waals surface area contributed by atoms with Crippen molar-refractivity contribution in [1.29, 1.82) is 0 Å². The molecule has 1 amide bonds. The van der Waals surface area contributed by atoms with Crippen LogP contribution in [0.1, 0.15) is 33.3 Å². The molecule has 2 rings (SSSR count). The third-order valence-electron chi connectivity index (χ3n) is 4.52. The standard InChI is InChI=1S/C22H27NO10/c1-12(24)29-11-17-20(30-13(2)25)21(31-14(3)26)19(22(33-17)32-15(4)27)23-18(28)10-16-8-6-5-7-9-16/h5-9,17,19-22H,10-11H2,1-4H3,(H,23,28)/t17-,19-,20-,21-,22-/m1/s1. The maximum Gasteiger partial charge on any atom is 0.305 e. The van der Waals surface area contributed by atoms with E-state index in [1.54, 1.807) is 30.3 Å². The topological polar surface area (TPSA) is 144 Å². The molecular weight excluding hydrogens is 438 g/mol. The van der Waals surface area contributed by atoms with Crippen LogP contribution in [0.15, 0.2) is 30.3 Å². The number of amides is 1. The van der Waals surface area contributed by atoms with E-state index in [0.29, 0.717) is 5.56 Å². The van der Waals surface area contributed by atoms with Gasteiger partial charge in [-0.1, -0.05) is 30.3 Å². The molecule has 33 heavy (non-hydrogen) atoms. The van der Waals surface area contributed by atoms with Crippen molar-refractivity contribution in [2.75, 3.05) is 6.61 Å². The predicted molar refractivity (Wildman–Crippen MR) is 110 cm³/mol. The molecule has 0 unspecified atom stereocenters. The van der Waals surface area contributed by atoms with E-state index >= 15 is 0 Å². The highest BCUT2D eigenvalue weighted by molar-refractivity contribution is 5.79. The van der Waals surface area contributed by atoms with Gasteiger partial charge in [-0.05, 0) is 5.56 Å². The minimum atomic E-state index is -1.42. The molecule has 1 aromatic rings. The Labute approximate surface area is 190 Å². The zero-order chi connectivity index (χ0) is 24.5. The van der Waals surface area contributed by atoms with Gasteiger partial charge in [0.25, 0.3) is 0 Å². The highest BCUT2D eigenvalue weighted by atomic mass is 16.7. The van der Waals surface area contributed by atoms with Crippen molar-refractivity contribution in [2.24, 2.45) is 0 Å². The highest BCUT2D eigenvalue weighted by Gasteiger charge is 2.52. The Bertz CT molecular complexity index is 871. The minimum Gasteiger partial charge on any atom is -0.463 e. The average molecular weight is 465 g/mol. The lowest BCUT2D eigenvalue weighted by Gasteiger charge is -2.44. The molecule has 0 spiro atoms. The zero-order valence-electron chi connectivity index (χ0n) is 18.8. The maximum atomic E-state index is 12.7. The van der Waals surface area contributed by atoms with Crippen molar-refractivity contribution in [3.63, 3.8) is 0 Å². The van der Waals surface area contributed by atoms with Gasteiger partial charge >= 0.3 is 23.9 Å². The highest BCUT2D eigenvalue weighted by Crippen LogP contribution is 2.28. The predicted octanol–water partition coefficient (Wildman–Crippen LogP) is 0.428. The number of benzene rings is 1. The Hall–Kier alpha value is -3.47. The molecule has 1 aliphatic heterocycles. The van der Waals surface area contributed by atoms with E-state index in [1.165, 1.54) is 6.92 Å². The van der Waals surface area contributed by atoms with E-state index in [1.807, 2.05) is 0 Å². The largest absolute Gasteiger partial charge is 0.463 e. The molecule has 1 N–H and O–H groups in total. The number of esters is 4. The fraction of sp³-hybridized carbons (Fsp3) is 0.500. The van der Waals surface area contributed by atoms with Crippen LogP contribution in [0.3, 0.4) is 0 Å². The van der Waals surface area contributed by atoms with Crippen LogP contribution >= 0.6 is 0 Å². The van der Waals surface area contributed by atoms with Gasteiger partial charge in [0.1, 0.15) is 18.8 Å². The fourth-order valence-electron chi connectivity index (χ4n) is 3.34. The first-order valence-corrected chi connectivity index (χ1v) is 10.2. The molecule has 0 saturated carbocycles. The van der Waals surface area contributed by atoms with Gasteiger partial charge in [-0.15, -0.1) is 0 Å². The SMILES string of the molecule is CC(=O)OC[C@H]1O[C@@H](OC(C)=O)[C@H](NC(=O)Cc2ccccc2)[C@@H](OC(C)=O)[C@@H]1OC(C)=O. The molecule has 11 heteroatoms. The summed E-state index contributed by atoms with van der Waals surface area (Å²) in [4.78, 5) is 59.4. The Morgan fingerprint density at radius 1 is 0.818 bits per heavy atom. The summed E-state index contributed by atoms with van der Waals surface area (Å²) in [5.41, 5.74) is 0.712. The Morgan fingerprint density at radius 2 is 1.39 bits per heavy atom. The summed E-state index contributed by atoms with van der Waals surface area (Å²) in [5.74, 6) is -3.32. The number of carbonyl (C=O) groups is 5. The van der Waals surface area contributed by atoms with E-state index in [4.69, 9.17) is 23.7 Å². The Kier molecular flexibility index (Phi) is 9.34. The van der Waals surface area contributed by atoms with E-state index in [-0.39, 0.29) is 13.0 Å². The van der Waals surface area contributed by atoms with Crippen LogP contribution in [0.25, 0.3) is 0 Å². The van der Waals surface area contributed by atoms with Gasteiger partial charge < -0.3 is 29.0 Å². The smallest absolute Gasteiger partial charge is 0.305 e. The first kappa shape index (κ1) is 25.8. The molecule has 0 radical (unpaired) electrons. The second-order valence-corrected chi connectivity index (χ2v) is 7.36. The molecule has 1 aliphatic rings. The molecule has 1 heterocycles. The maximum absolute atomic E-state index is 12.7. The Balaban J connectivity index is 2.37. The zero-order valence-corrected chi connectivity index (χ0v) is 18.8. The van der Waals surface area contributed by atoms with Crippen molar-refractivity contribution in [1.82, 2.24) is 5.32 Å². The quantitative estimate of drug-likeness (QED) is 0.424. The van der Waals surface area contributed by atoms with Crippen molar-refractivity contribution >= 4 is 29.8 Å². The Morgan fingerprint density at radius 3 is 1.94 bits per heavy atom. The number of nitrogens with one attached hydrogen (secondary N) is 1. The number of hydrogen-bond acceptors (Lipinski definition) is 10. The molecule has 1 saturated heterocycles. The summed E-state index contributed by atoms with van der Waals surface area (Å²) >= 11 is 0. The van der Waals surface area contributed by atoms with Crippen molar-refractivity contribution in [2.45, 2.75) is 64.8 Å². The van der Waals surface area contributed by atoms with Crippen LogP contribution in [0.4, 0.5) is 0 Å². The third-order valence-corrected chi connectivity index (χ3v) is 4.52. The van der Waals surface area contributed by atoms with Crippen molar-refractivity contribution in [3.8, 4) is 0 Å². The first-order chi connectivity index (χ1) is 15.6. The fourth-order valence-corrected chi connectivity index (χ4v) is 3.34. The van der Waals surface area contributed by atoms with Crippen LogP contribution in [-0.4, -0.2) is 67.0 Å². The van der Waals surface area contributed by atoms with E-state index in [2.05, 4.69) is 5.32 Å². The second kappa shape index (κ2) is 12.0. The van der Waals surface area contributed by atoms with E-state index in [9.17, 15) is 24.0 Å². The van der Waals surface area contributed by atoms with Crippen molar-refractivity contribution < 1.29 is 47.7 Å². The van der Waals surface area contributed by atoms with E-state index in [0.717, 1.165) is 20.8 Å². The van der Waals surface area contributed by atoms with Gasteiger partial charge in [0.2, 0.25) is 12.2 Å². The van der Waals surface area contributed by atoms with Gasteiger partial charge in [0.15, 0.2) is 12.2 Å². The summed E-state index contributed by atoms with van der Waals surface area (Å²) in [6, 6.07) is 7.63. The van der Waals surface area contributed by atoms with Gasteiger partial charge in [-0.3, -0.25) is 24.0 Å². The average Bonchev–Trinajstić information content (AvgIpc) is 2.70. The summed E-state index contributed by atoms with van der Waals surface area (Å²) < 4.78 is 26.6. The molecule has 11 nitrogen and oxygen atoms in total. The molecule has 0 aromatic heterocycles. The van der Waals surface area contributed by atoms with Gasteiger partial charge in [-0.25, -0.2) is 0 Å². The summed E-state index contributed by atoms with van der Waals surface area (Å²) in [7, 11) is 0. The van der Waals surface area contributed by atoms with E-state index < -0.39 is 60.4 Å². The molecule has 1 aromatic carbocycles. The van der Waals surface area contributed by atoms with Crippen LogP contribution in [0.2, 0.25) is 0 Å². The normalized spacial score (nSPS) is 24.2. The van der Waals surface area contributed by atoms with Crippen LogP contribution in [-0.2, 0) is 54.1 Å². The monoisotopic (exact) mass is 465 g/mol. The first-order valence-electron chi connectivity index (χ1n) is 10.2. The number of carbonyl (C=O) groups excluding carboxylic acids is 5. The van der Waals surface area contributed by atoms with Crippen molar-refractivity contribution in [3.05, 3.63) is 35.9 Å². The number of ether oxygens (including phenoxy) is 5. The summed E-state index contributed by atoms with van der Waals surface area (Å²) in [6.45, 7) is 4.18. The molecule has 5 atom stereocenters. The molecular formula is C22H27NO10. The lowest BCUT2D eigenvalue weighted by Crippen LogP contribution is -2.67. The molecule has 180 valence electrons. The lowest BCUT2D eigenvalue weighted by molar-refractivity contribution is -0.271. The number of hydrogen-bond donors (Lipinski definition) is 1.